The SMILES string of the molecule is CCCN(CCC)c1cc(C(=O)O)c([N+](=O)[O-])cc1F. The Hall–Kier alpha value is -2.18. The van der Waals surface area contributed by atoms with Crippen molar-refractivity contribution >= 4 is 17.3 Å². The van der Waals surface area contributed by atoms with Gasteiger partial charge in [0.2, 0.25) is 0 Å². The fraction of sp³-hybridized carbons (Fsp3) is 0.462. The van der Waals surface area contributed by atoms with Gasteiger partial charge < -0.3 is 10.0 Å². The van der Waals surface area contributed by atoms with Crippen LogP contribution < -0.4 is 4.90 Å². The Morgan fingerprint density at radius 1 is 1.35 bits per heavy atom. The van der Waals surface area contributed by atoms with Gasteiger partial charge in [-0.15, -0.1) is 0 Å². The highest BCUT2D eigenvalue weighted by Crippen LogP contribution is 2.29. The highest BCUT2D eigenvalue weighted by atomic mass is 19.1. The van der Waals surface area contributed by atoms with Crippen molar-refractivity contribution < 1.29 is 19.2 Å². The Morgan fingerprint density at radius 3 is 2.30 bits per heavy atom. The van der Waals surface area contributed by atoms with E-state index in [4.69, 9.17) is 5.11 Å². The average molecular weight is 284 g/mol. The van der Waals surface area contributed by atoms with E-state index < -0.39 is 28.0 Å². The molecule has 1 N–H and O–H groups in total. The van der Waals surface area contributed by atoms with E-state index in [1.54, 1.807) is 4.90 Å². The first kappa shape index (κ1) is 15.9. The number of carboxylic acids is 1. The molecule has 0 aliphatic rings. The molecule has 1 rings (SSSR count). The predicted octanol–water partition coefficient (Wildman–Crippen LogP) is 3.06. The molecular weight excluding hydrogens is 267 g/mol. The van der Waals surface area contributed by atoms with Crippen molar-refractivity contribution in [3.8, 4) is 0 Å². The first-order valence-corrected chi connectivity index (χ1v) is 6.38. The van der Waals surface area contributed by atoms with Gasteiger partial charge in [0.1, 0.15) is 5.56 Å². The van der Waals surface area contributed by atoms with Gasteiger partial charge in [0.25, 0.3) is 5.69 Å². The number of nitrogens with zero attached hydrogens (tertiary/aromatic N) is 2. The Labute approximate surface area is 116 Å². The molecule has 0 saturated heterocycles. The Balaban J connectivity index is 3.36. The number of halogens is 1. The summed E-state index contributed by atoms with van der Waals surface area (Å²) in [4.78, 5) is 22.7. The van der Waals surface area contributed by atoms with Gasteiger partial charge in [-0.3, -0.25) is 10.1 Å². The fourth-order valence-corrected chi connectivity index (χ4v) is 2.01. The monoisotopic (exact) mass is 284 g/mol. The number of carbonyl (C=O) groups is 1. The highest BCUT2D eigenvalue weighted by molar-refractivity contribution is 5.93. The third kappa shape index (κ3) is 3.43. The van der Waals surface area contributed by atoms with Gasteiger partial charge in [0.15, 0.2) is 5.82 Å². The Bertz CT molecular complexity index is 513. The van der Waals surface area contributed by atoms with Crippen LogP contribution in [-0.4, -0.2) is 29.1 Å². The number of nitro groups is 1. The minimum absolute atomic E-state index is 0.0942. The van der Waals surface area contributed by atoms with Crippen LogP contribution in [0.5, 0.6) is 0 Å². The zero-order valence-corrected chi connectivity index (χ0v) is 11.4. The molecule has 0 spiro atoms. The fourth-order valence-electron chi connectivity index (χ4n) is 2.01. The zero-order valence-electron chi connectivity index (χ0n) is 11.4. The molecule has 0 atom stereocenters. The van der Waals surface area contributed by atoms with Crippen molar-refractivity contribution in [2.45, 2.75) is 26.7 Å². The third-order valence-electron chi connectivity index (χ3n) is 2.82. The number of anilines is 1. The van der Waals surface area contributed by atoms with Crippen molar-refractivity contribution in [2.24, 2.45) is 0 Å². The van der Waals surface area contributed by atoms with Crippen LogP contribution in [0.2, 0.25) is 0 Å². The van der Waals surface area contributed by atoms with Gasteiger partial charge in [-0.05, 0) is 18.9 Å². The van der Waals surface area contributed by atoms with Crippen LogP contribution in [0.25, 0.3) is 0 Å². The summed E-state index contributed by atoms with van der Waals surface area (Å²) in [7, 11) is 0. The summed E-state index contributed by atoms with van der Waals surface area (Å²) < 4.78 is 14.0. The van der Waals surface area contributed by atoms with Crippen LogP contribution in [-0.2, 0) is 0 Å². The molecule has 0 saturated carbocycles. The van der Waals surface area contributed by atoms with E-state index in [0.29, 0.717) is 19.2 Å². The molecule has 0 bridgehead atoms. The van der Waals surface area contributed by atoms with Crippen LogP contribution in [0.15, 0.2) is 12.1 Å². The van der Waals surface area contributed by atoms with Gasteiger partial charge >= 0.3 is 5.97 Å². The van der Waals surface area contributed by atoms with Crippen molar-refractivity contribution in [3.05, 3.63) is 33.6 Å². The standard InChI is InChI=1S/C13H17FN2O4/c1-3-5-15(6-4-2)12-7-9(13(17)18)11(16(19)20)8-10(12)14/h7-8H,3-6H2,1-2H3,(H,17,18). The third-order valence-corrected chi connectivity index (χ3v) is 2.82. The minimum atomic E-state index is -1.44. The Kier molecular flexibility index (Phi) is 5.42. The summed E-state index contributed by atoms with van der Waals surface area (Å²) in [5.41, 5.74) is -1.13. The summed E-state index contributed by atoms with van der Waals surface area (Å²) in [6, 6.07) is 1.72. The molecule has 1 aromatic rings. The molecule has 6 nitrogen and oxygen atoms in total. The molecule has 0 aliphatic carbocycles. The van der Waals surface area contributed by atoms with Crippen molar-refractivity contribution in [1.29, 1.82) is 0 Å². The highest BCUT2D eigenvalue weighted by Gasteiger charge is 2.25. The van der Waals surface area contributed by atoms with Crippen molar-refractivity contribution in [3.63, 3.8) is 0 Å². The molecule has 0 amide bonds. The van der Waals surface area contributed by atoms with Crippen LogP contribution in [0, 0.1) is 15.9 Å². The van der Waals surface area contributed by atoms with Crippen LogP contribution in [0.3, 0.4) is 0 Å². The maximum absolute atomic E-state index is 14.0. The zero-order chi connectivity index (χ0) is 15.3. The number of aromatic carboxylic acids is 1. The van der Waals surface area contributed by atoms with E-state index >= 15 is 0 Å². The second-order valence-electron chi connectivity index (χ2n) is 4.37. The first-order chi connectivity index (χ1) is 9.42. The molecule has 0 radical (unpaired) electrons. The van der Waals surface area contributed by atoms with E-state index in [2.05, 4.69) is 0 Å². The largest absolute Gasteiger partial charge is 0.477 e. The van der Waals surface area contributed by atoms with Gasteiger partial charge in [-0.25, -0.2) is 9.18 Å². The second kappa shape index (κ2) is 6.83. The van der Waals surface area contributed by atoms with Gasteiger partial charge in [0, 0.05) is 13.1 Å². The summed E-state index contributed by atoms with van der Waals surface area (Å²) in [5.74, 6) is -2.21. The molecule has 110 valence electrons. The molecule has 20 heavy (non-hydrogen) atoms. The van der Waals surface area contributed by atoms with Crippen LogP contribution in [0.1, 0.15) is 37.0 Å². The summed E-state index contributed by atoms with van der Waals surface area (Å²) >= 11 is 0. The van der Waals surface area contributed by atoms with Crippen LogP contribution >= 0.6 is 0 Å². The number of carboxylic acid groups (broad SMARTS) is 1. The number of nitro benzene ring substituents is 1. The first-order valence-electron chi connectivity index (χ1n) is 6.38. The predicted molar refractivity (Wildman–Crippen MR) is 72.8 cm³/mol. The second-order valence-corrected chi connectivity index (χ2v) is 4.37. The average Bonchev–Trinajstić information content (AvgIpc) is 2.37. The summed E-state index contributed by atoms with van der Waals surface area (Å²) in [6.07, 6.45) is 1.53. The van der Waals surface area contributed by atoms with Crippen molar-refractivity contribution in [1.82, 2.24) is 0 Å². The van der Waals surface area contributed by atoms with E-state index in [0.717, 1.165) is 18.9 Å². The topological polar surface area (TPSA) is 83.7 Å². The van der Waals surface area contributed by atoms with E-state index in [1.807, 2.05) is 13.8 Å². The Morgan fingerprint density at radius 2 is 1.90 bits per heavy atom. The lowest BCUT2D eigenvalue weighted by Gasteiger charge is -2.24. The van der Waals surface area contributed by atoms with Gasteiger partial charge in [-0.2, -0.15) is 0 Å². The molecule has 1 aromatic carbocycles. The summed E-state index contributed by atoms with van der Waals surface area (Å²) in [6.45, 7) is 4.96. The van der Waals surface area contributed by atoms with Crippen molar-refractivity contribution in [2.75, 3.05) is 18.0 Å². The molecule has 0 aliphatic heterocycles. The van der Waals surface area contributed by atoms with E-state index in [-0.39, 0.29) is 5.69 Å². The number of hydrogen-bond donors (Lipinski definition) is 1. The molecule has 0 aromatic heterocycles. The molecular formula is C13H17FN2O4. The number of hydrogen-bond acceptors (Lipinski definition) is 4. The maximum atomic E-state index is 14.0. The molecule has 0 fully saturated rings. The van der Waals surface area contributed by atoms with E-state index in [9.17, 15) is 19.3 Å². The summed E-state index contributed by atoms with van der Waals surface area (Å²) in [5, 5.41) is 19.8. The lowest BCUT2D eigenvalue weighted by molar-refractivity contribution is -0.385. The van der Waals surface area contributed by atoms with Gasteiger partial charge in [-0.1, -0.05) is 13.8 Å². The number of benzene rings is 1. The lowest BCUT2D eigenvalue weighted by atomic mass is 10.1. The maximum Gasteiger partial charge on any atom is 0.342 e. The quantitative estimate of drug-likeness (QED) is 0.614. The normalized spacial score (nSPS) is 10.3. The number of rotatable bonds is 7. The van der Waals surface area contributed by atoms with Crippen LogP contribution in [0.4, 0.5) is 15.8 Å². The minimum Gasteiger partial charge on any atom is -0.477 e. The molecule has 7 heteroatoms. The molecule has 0 heterocycles. The smallest absolute Gasteiger partial charge is 0.342 e. The molecule has 0 unspecified atom stereocenters. The van der Waals surface area contributed by atoms with E-state index in [1.165, 1.54) is 0 Å². The lowest BCUT2D eigenvalue weighted by Crippen LogP contribution is -2.26. The van der Waals surface area contributed by atoms with Gasteiger partial charge in [0.05, 0.1) is 16.7 Å².